The van der Waals surface area contributed by atoms with Crippen LogP contribution >= 0.6 is 0 Å². The molecule has 7 nitrogen and oxygen atoms in total. The number of para-hydroxylation sites is 1. The first kappa shape index (κ1) is 20.1. The van der Waals surface area contributed by atoms with Gasteiger partial charge in [0.1, 0.15) is 0 Å². The van der Waals surface area contributed by atoms with Crippen molar-refractivity contribution in [2.75, 3.05) is 10.6 Å². The van der Waals surface area contributed by atoms with Crippen LogP contribution in [0.1, 0.15) is 25.8 Å². The Labute approximate surface area is 168 Å². The molecule has 3 rings (SSSR count). The fourth-order valence-corrected chi connectivity index (χ4v) is 2.97. The van der Waals surface area contributed by atoms with Gasteiger partial charge in [-0.3, -0.25) is 14.4 Å². The van der Waals surface area contributed by atoms with Crippen molar-refractivity contribution in [3.63, 3.8) is 0 Å². The van der Waals surface area contributed by atoms with Crippen molar-refractivity contribution >= 4 is 40.1 Å². The van der Waals surface area contributed by atoms with E-state index in [0.29, 0.717) is 17.8 Å². The van der Waals surface area contributed by atoms with Crippen molar-refractivity contribution in [1.29, 1.82) is 0 Å². The second-order valence-electron chi connectivity index (χ2n) is 6.74. The number of amides is 2. The Morgan fingerprint density at radius 3 is 2.34 bits per heavy atom. The lowest BCUT2D eigenvalue weighted by atomic mass is 10.1. The summed E-state index contributed by atoms with van der Waals surface area (Å²) < 4.78 is 5.25. The van der Waals surface area contributed by atoms with Crippen LogP contribution in [0.4, 0.5) is 11.4 Å². The third-order valence-electron chi connectivity index (χ3n) is 4.42. The number of rotatable bonds is 7. The van der Waals surface area contributed by atoms with Crippen LogP contribution in [0.3, 0.4) is 0 Å². The summed E-state index contributed by atoms with van der Waals surface area (Å²) in [5.41, 5.74) is 3.24. The number of aromatic nitrogens is 1. The molecule has 0 spiro atoms. The van der Waals surface area contributed by atoms with Crippen molar-refractivity contribution in [2.45, 2.75) is 32.8 Å². The van der Waals surface area contributed by atoms with Gasteiger partial charge in [-0.15, -0.1) is 0 Å². The van der Waals surface area contributed by atoms with Crippen LogP contribution in [0.5, 0.6) is 0 Å². The van der Waals surface area contributed by atoms with Crippen molar-refractivity contribution in [1.82, 2.24) is 4.98 Å². The van der Waals surface area contributed by atoms with Gasteiger partial charge in [0.15, 0.2) is 6.10 Å². The molecule has 2 aromatic carbocycles. The topological polar surface area (TPSA) is 100 Å². The van der Waals surface area contributed by atoms with E-state index in [-0.39, 0.29) is 12.3 Å². The number of nitrogens with one attached hydrogen (secondary N) is 3. The van der Waals surface area contributed by atoms with E-state index in [2.05, 4.69) is 15.6 Å². The zero-order valence-electron chi connectivity index (χ0n) is 16.3. The van der Waals surface area contributed by atoms with Crippen LogP contribution in [0.15, 0.2) is 54.7 Å². The van der Waals surface area contributed by atoms with Crippen LogP contribution in [0, 0.1) is 0 Å². The number of hydrogen-bond donors (Lipinski definition) is 3. The number of hydrogen-bond acceptors (Lipinski definition) is 4. The van der Waals surface area contributed by atoms with Crippen molar-refractivity contribution in [3.8, 4) is 0 Å². The highest BCUT2D eigenvalue weighted by molar-refractivity contribution is 5.95. The summed E-state index contributed by atoms with van der Waals surface area (Å²) in [4.78, 5) is 38.6. The Morgan fingerprint density at radius 1 is 1.00 bits per heavy atom. The monoisotopic (exact) mass is 393 g/mol. The minimum absolute atomic E-state index is 0.171. The summed E-state index contributed by atoms with van der Waals surface area (Å²) in [7, 11) is 0. The van der Waals surface area contributed by atoms with Gasteiger partial charge < -0.3 is 20.4 Å². The van der Waals surface area contributed by atoms with Gasteiger partial charge in [0.25, 0.3) is 5.91 Å². The molecule has 0 saturated carbocycles. The lowest BCUT2D eigenvalue weighted by molar-refractivity contribution is -0.153. The van der Waals surface area contributed by atoms with Crippen molar-refractivity contribution in [3.05, 3.63) is 60.3 Å². The number of ether oxygens (including phenoxy) is 1. The van der Waals surface area contributed by atoms with E-state index in [1.807, 2.05) is 30.5 Å². The summed E-state index contributed by atoms with van der Waals surface area (Å²) >= 11 is 0. The van der Waals surface area contributed by atoms with Gasteiger partial charge in [-0.1, -0.05) is 18.2 Å². The predicted octanol–water partition coefficient (Wildman–Crippen LogP) is 3.63. The Kier molecular flexibility index (Phi) is 6.29. The van der Waals surface area contributed by atoms with E-state index >= 15 is 0 Å². The van der Waals surface area contributed by atoms with Gasteiger partial charge in [0, 0.05) is 41.8 Å². The molecule has 1 aromatic heterocycles. The van der Waals surface area contributed by atoms with Gasteiger partial charge in [-0.25, -0.2) is 0 Å². The third kappa shape index (κ3) is 5.44. The Bertz CT molecular complexity index is 1020. The van der Waals surface area contributed by atoms with E-state index in [1.54, 1.807) is 24.3 Å². The maximum Gasteiger partial charge on any atom is 0.306 e. The number of esters is 1. The van der Waals surface area contributed by atoms with Crippen molar-refractivity contribution < 1.29 is 19.1 Å². The molecule has 3 aromatic rings. The first-order valence-electron chi connectivity index (χ1n) is 9.35. The maximum absolute atomic E-state index is 12.3. The number of fused-ring (bicyclic) bond motifs is 1. The average molecular weight is 393 g/mol. The molecule has 0 radical (unpaired) electrons. The standard InChI is InChI=1S/C22H23N3O4/c1-14(22(28)25-18-10-8-17(9-11-18)24-15(2)26)29-21(27)12-7-16-13-23-20-6-4-3-5-19(16)20/h3-6,8-11,13-14,23H,7,12H2,1-2H3,(H,24,26)(H,25,28)/t14-/m0/s1. The van der Waals surface area contributed by atoms with E-state index < -0.39 is 18.0 Å². The van der Waals surface area contributed by atoms with Crippen molar-refractivity contribution in [2.24, 2.45) is 0 Å². The maximum atomic E-state index is 12.3. The highest BCUT2D eigenvalue weighted by atomic mass is 16.5. The normalized spacial score (nSPS) is 11.7. The van der Waals surface area contributed by atoms with Gasteiger partial charge in [-0.05, 0) is 49.2 Å². The summed E-state index contributed by atoms with van der Waals surface area (Å²) in [6.07, 6.45) is 1.69. The molecule has 0 unspecified atom stereocenters. The van der Waals surface area contributed by atoms with Crippen LogP contribution in [-0.2, 0) is 25.5 Å². The summed E-state index contributed by atoms with van der Waals surface area (Å²) in [6, 6.07) is 14.6. The number of aromatic amines is 1. The molecular formula is C22H23N3O4. The summed E-state index contributed by atoms with van der Waals surface area (Å²) in [5.74, 6) is -1.02. The van der Waals surface area contributed by atoms with Crippen LogP contribution < -0.4 is 10.6 Å². The van der Waals surface area contributed by atoms with Gasteiger partial charge in [0.05, 0.1) is 0 Å². The second kappa shape index (κ2) is 9.05. The smallest absolute Gasteiger partial charge is 0.306 e. The minimum Gasteiger partial charge on any atom is -0.453 e. The molecule has 0 aliphatic carbocycles. The Balaban J connectivity index is 1.48. The van der Waals surface area contributed by atoms with Gasteiger partial charge >= 0.3 is 5.97 Å². The molecule has 0 saturated heterocycles. The van der Waals surface area contributed by atoms with Crippen LogP contribution in [0.25, 0.3) is 10.9 Å². The number of benzene rings is 2. The fraction of sp³-hybridized carbons (Fsp3) is 0.227. The highest BCUT2D eigenvalue weighted by Gasteiger charge is 2.18. The van der Waals surface area contributed by atoms with E-state index in [4.69, 9.17) is 4.74 Å². The second-order valence-corrected chi connectivity index (χ2v) is 6.74. The lowest BCUT2D eigenvalue weighted by Gasteiger charge is -2.14. The molecule has 1 heterocycles. The molecule has 0 fully saturated rings. The molecular weight excluding hydrogens is 370 g/mol. The summed E-state index contributed by atoms with van der Waals surface area (Å²) in [5, 5.41) is 6.41. The molecule has 2 amide bonds. The molecule has 150 valence electrons. The molecule has 1 atom stereocenters. The highest BCUT2D eigenvalue weighted by Crippen LogP contribution is 2.19. The number of aryl methyl sites for hydroxylation is 1. The SMILES string of the molecule is CC(=O)Nc1ccc(NC(=O)[C@H](C)OC(=O)CCc2c[nH]c3ccccc23)cc1. The quantitative estimate of drug-likeness (QED) is 0.534. The molecule has 3 N–H and O–H groups in total. The molecule has 7 heteroatoms. The minimum atomic E-state index is -0.916. The Morgan fingerprint density at radius 2 is 1.66 bits per heavy atom. The van der Waals surface area contributed by atoms with Crippen LogP contribution in [-0.4, -0.2) is 28.9 Å². The zero-order chi connectivity index (χ0) is 20.8. The third-order valence-corrected chi connectivity index (χ3v) is 4.42. The lowest BCUT2D eigenvalue weighted by Crippen LogP contribution is -2.30. The van der Waals surface area contributed by atoms with Gasteiger partial charge in [-0.2, -0.15) is 0 Å². The zero-order valence-corrected chi connectivity index (χ0v) is 16.3. The van der Waals surface area contributed by atoms with E-state index in [9.17, 15) is 14.4 Å². The van der Waals surface area contributed by atoms with Crippen LogP contribution in [0.2, 0.25) is 0 Å². The molecule has 0 bridgehead atoms. The average Bonchev–Trinajstić information content (AvgIpc) is 3.10. The van der Waals surface area contributed by atoms with E-state index in [1.165, 1.54) is 13.8 Å². The first-order valence-corrected chi connectivity index (χ1v) is 9.35. The molecule has 29 heavy (non-hydrogen) atoms. The number of H-pyrrole nitrogens is 1. The molecule has 0 aliphatic rings. The largest absolute Gasteiger partial charge is 0.453 e. The first-order chi connectivity index (χ1) is 13.9. The number of anilines is 2. The number of carbonyl (C=O) groups excluding carboxylic acids is 3. The molecule has 0 aliphatic heterocycles. The van der Waals surface area contributed by atoms with Gasteiger partial charge in [0.2, 0.25) is 5.91 Å². The predicted molar refractivity (Wildman–Crippen MR) is 112 cm³/mol. The summed E-state index contributed by atoms with van der Waals surface area (Å²) in [6.45, 7) is 2.95. The van der Waals surface area contributed by atoms with E-state index in [0.717, 1.165) is 16.5 Å². The number of carbonyl (C=O) groups is 3. The Hall–Kier alpha value is -3.61. The fourth-order valence-electron chi connectivity index (χ4n) is 2.97.